The van der Waals surface area contributed by atoms with Crippen LogP contribution in [0.25, 0.3) is 0 Å². The summed E-state index contributed by atoms with van der Waals surface area (Å²) in [7, 11) is 0. The van der Waals surface area contributed by atoms with Crippen LogP contribution >= 0.6 is 24.0 Å². The topological polar surface area (TPSA) is 39.7 Å². The van der Waals surface area contributed by atoms with Gasteiger partial charge in [0, 0.05) is 19.6 Å². The number of hydrogen-bond donors (Lipinski definition) is 2. The van der Waals surface area contributed by atoms with Gasteiger partial charge >= 0.3 is 6.18 Å². The molecule has 27 heavy (non-hydrogen) atoms. The minimum absolute atomic E-state index is 0. The second kappa shape index (κ2) is 12.4. The number of piperidine rings is 1. The van der Waals surface area contributed by atoms with E-state index in [1.807, 2.05) is 19.1 Å². The first kappa shape index (κ1) is 24.0. The van der Waals surface area contributed by atoms with Crippen molar-refractivity contribution < 1.29 is 13.2 Å². The lowest BCUT2D eigenvalue weighted by Gasteiger charge is -2.26. The summed E-state index contributed by atoms with van der Waals surface area (Å²) in [4.78, 5) is 6.84. The molecule has 154 valence electrons. The maximum atomic E-state index is 12.2. The summed E-state index contributed by atoms with van der Waals surface area (Å²) < 4.78 is 36.7. The molecule has 1 fully saturated rings. The zero-order valence-electron chi connectivity index (χ0n) is 15.8. The normalized spacial score (nSPS) is 15.9. The Balaban J connectivity index is 0.00000364. The van der Waals surface area contributed by atoms with E-state index < -0.39 is 12.6 Å². The summed E-state index contributed by atoms with van der Waals surface area (Å²) in [5.74, 6) is 0.411. The molecule has 0 bridgehead atoms. The van der Waals surface area contributed by atoms with Crippen LogP contribution in [0, 0.1) is 0 Å². The maximum Gasteiger partial charge on any atom is 0.390 e. The maximum absolute atomic E-state index is 12.2. The summed E-state index contributed by atoms with van der Waals surface area (Å²) in [5.41, 5.74) is 2.33. The van der Waals surface area contributed by atoms with Crippen molar-refractivity contribution in [1.82, 2.24) is 15.5 Å². The van der Waals surface area contributed by atoms with Crippen LogP contribution in [-0.2, 0) is 13.1 Å². The predicted octanol–water partition coefficient (Wildman–Crippen LogP) is 4.30. The van der Waals surface area contributed by atoms with Crippen LogP contribution in [-0.4, -0.2) is 43.2 Å². The number of hydrogen-bond acceptors (Lipinski definition) is 2. The fourth-order valence-electron chi connectivity index (χ4n) is 2.96. The number of nitrogens with zero attached hydrogens (tertiary/aromatic N) is 2. The molecule has 1 saturated heterocycles. The summed E-state index contributed by atoms with van der Waals surface area (Å²) in [6.07, 6.45) is -1.14. The molecule has 4 nitrogen and oxygen atoms in total. The van der Waals surface area contributed by atoms with Gasteiger partial charge in [-0.3, -0.25) is 4.90 Å². The Morgan fingerprint density at radius 2 is 1.67 bits per heavy atom. The fraction of sp³-hybridized carbons (Fsp3) is 0.632. The van der Waals surface area contributed by atoms with Gasteiger partial charge in [0.1, 0.15) is 0 Å². The van der Waals surface area contributed by atoms with Crippen molar-refractivity contribution in [1.29, 1.82) is 0 Å². The van der Waals surface area contributed by atoms with Gasteiger partial charge in [-0.2, -0.15) is 13.2 Å². The van der Waals surface area contributed by atoms with Crippen molar-refractivity contribution in [3.63, 3.8) is 0 Å². The molecule has 0 unspecified atom stereocenters. The predicted molar refractivity (Wildman–Crippen MR) is 114 cm³/mol. The third-order valence-electron chi connectivity index (χ3n) is 4.34. The molecule has 1 heterocycles. The van der Waals surface area contributed by atoms with E-state index in [-0.39, 0.29) is 30.5 Å². The highest BCUT2D eigenvalue weighted by Crippen LogP contribution is 2.18. The quantitative estimate of drug-likeness (QED) is 0.335. The van der Waals surface area contributed by atoms with E-state index in [2.05, 4.69) is 32.7 Å². The van der Waals surface area contributed by atoms with Gasteiger partial charge in [-0.15, -0.1) is 24.0 Å². The van der Waals surface area contributed by atoms with Crippen molar-refractivity contribution in [2.24, 2.45) is 4.99 Å². The molecule has 0 spiro atoms. The molecule has 1 aliphatic rings. The van der Waals surface area contributed by atoms with E-state index in [9.17, 15) is 13.2 Å². The number of benzene rings is 1. The highest BCUT2D eigenvalue weighted by Gasteiger charge is 2.26. The van der Waals surface area contributed by atoms with E-state index in [1.165, 1.54) is 37.9 Å². The van der Waals surface area contributed by atoms with Crippen molar-refractivity contribution >= 4 is 29.9 Å². The van der Waals surface area contributed by atoms with Crippen LogP contribution in [0.3, 0.4) is 0 Å². The van der Waals surface area contributed by atoms with Crippen LogP contribution in [0.5, 0.6) is 0 Å². The second-order valence-corrected chi connectivity index (χ2v) is 6.64. The van der Waals surface area contributed by atoms with Gasteiger partial charge in [0.2, 0.25) is 0 Å². The zero-order valence-corrected chi connectivity index (χ0v) is 18.1. The van der Waals surface area contributed by atoms with E-state index in [1.54, 1.807) is 0 Å². The summed E-state index contributed by atoms with van der Waals surface area (Å²) in [5, 5.41) is 5.69. The minimum atomic E-state index is -4.16. The molecule has 0 saturated carbocycles. The second-order valence-electron chi connectivity index (χ2n) is 6.64. The summed E-state index contributed by atoms with van der Waals surface area (Å²) in [6.45, 7) is 6.06. The van der Waals surface area contributed by atoms with Gasteiger partial charge in [-0.1, -0.05) is 30.7 Å². The molecule has 1 aromatic carbocycles. The summed E-state index contributed by atoms with van der Waals surface area (Å²) >= 11 is 0. The number of nitrogens with one attached hydrogen (secondary N) is 2. The van der Waals surface area contributed by atoms with E-state index >= 15 is 0 Å². The van der Waals surface area contributed by atoms with Crippen molar-refractivity contribution in [2.45, 2.75) is 51.9 Å². The number of aliphatic imine (C=N–C) groups is 1. The Bertz CT molecular complexity index is 555. The lowest BCUT2D eigenvalue weighted by Crippen LogP contribution is -2.38. The minimum Gasteiger partial charge on any atom is -0.357 e. The van der Waals surface area contributed by atoms with E-state index in [0.29, 0.717) is 19.0 Å². The van der Waals surface area contributed by atoms with Crippen LogP contribution in [0.2, 0.25) is 0 Å². The molecule has 0 atom stereocenters. The van der Waals surface area contributed by atoms with Gasteiger partial charge in [0.15, 0.2) is 5.96 Å². The molecule has 1 aliphatic heterocycles. The summed E-state index contributed by atoms with van der Waals surface area (Å²) in [6, 6.07) is 8.32. The standard InChI is InChI=1S/C19H29F3N4.HI/c1-2-23-18(24-11-10-19(20,21)22)25-14-16-6-8-17(9-7-16)15-26-12-4-3-5-13-26;/h6-9H,2-5,10-15H2,1H3,(H2,23,24,25);1H. The van der Waals surface area contributed by atoms with Gasteiger partial charge in [-0.25, -0.2) is 4.99 Å². The highest BCUT2D eigenvalue weighted by atomic mass is 127. The monoisotopic (exact) mass is 498 g/mol. The average Bonchev–Trinajstić information content (AvgIpc) is 2.61. The number of rotatable bonds is 7. The Morgan fingerprint density at radius 1 is 1.04 bits per heavy atom. The van der Waals surface area contributed by atoms with Gasteiger partial charge in [0.25, 0.3) is 0 Å². The Kier molecular flexibility index (Phi) is 11.1. The number of guanidine groups is 1. The van der Waals surface area contributed by atoms with Gasteiger partial charge in [0.05, 0.1) is 13.0 Å². The number of alkyl halides is 3. The van der Waals surface area contributed by atoms with Crippen molar-refractivity contribution in [2.75, 3.05) is 26.2 Å². The molecule has 0 aliphatic carbocycles. The molecular weight excluding hydrogens is 468 g/mol. The lowest BCUT2D eigenvalue weighted by molar-refractivity contribution is -0.132. The number of halogens is 4. The average molecular weight is 498 g/mol. The third kappa shape index (κ3) is 10.2. The Morgan fingerprint density at radius 3 is 2.26 bits per heavy atom. The highest BCUT2D eigenvalue weighted by molar-refractivity contribution is 14.0. The largest absolute Gasteiger partial charge is 0.390 e. The molecule has 1 aromatic rings. The van der Waals surface area contributed by atoms with Crippen molar-refractivity contribution in [3.8, 4) is 0 Å². The van der Waals surface area contributed by atoms with Gasteiger partial charge < -0.3 is 10.6 Å². The van der Waals surface area contributed by atoms with E-state index in [0.717, 1.165) is 12.1 Å². The fourth-order valence-corrected chi connectivity index (χ4v) is 2.96. The lowest BCUT2D eigenvalue weighted by atomic mass is 10.1. The smallest absolute Gasteiger partial charge is 0.357 e. The first-order chi connectivity index (χ1) is 12.5. The van der Waals surface area contributed by atoms with Crippen LogP contribution in [0.1, 0.15) is 43.7 Å². The first-order valence-corrected chi connectivity index (χ1v) is 9.35. The zero-order chi connectivity index (χ0) is 18.8. The number of likely N-dealkylation sites (tertiary alicyclic amines) is 1. The molecule has 2 N–H and O–H groups in total. The molecule has 0 radical (unpaired) electrons. The molecule has 0 amide bonds. The van der Waals surface area contributed by atoms with E-state index in [4.69, 9.17) is 0 Å². The molecule has 2 rings (SSSR count). The van der Waals surface area contributed by atoms with Gasteiger partial charge in [-0.05, 0) is 44.0 Å². The third-order valence-corrected chi connectivity index (χ3v) is 4.34. The molecule has 0 aromatic heterocycles. The first-order valence-electron chi connectivity index (χ1n) is 9.35. The SMILES string of the molecule is CCNC(=NCc1ccc(CN2CCCCC2)cc1)NCCC(F)(F)F.I. The van der Waals surface area contributed by atoms with Crippen LogP contribution < -0.4 is 10.6 Å². The van der Waals surface area contributed by atoms with Crippen LogP contribution in [0.15, 0.2) is 29.3 Å². The molecular formula is C19H30F3IN4. The van der Waals surface area contributed by atoms with Crippen LogP contribution in [0.4, 0.5) is 13.2 Å². The Labute approximate surface area is 177 Å². The molecule has 8 heteroatoms. The van der Waals surface area contributed by atoms with Crippen molar-refractivity contribution in [3.05, 3.63) is 35.4 Å². The Hall–Kier alpha value is -1.03.